The van der Waals surface area contributed by atoms with Crippen LogP contribution in [0.15, 0.2) is 59.4 Å². The maximum absolute atomic E-state index is 13.6. The fourth-order valence-electron chi connectivity index (χ4n) is 5.86. The van der Waals surface area contributed by atoms with Crippen molar-refractivity contribution in [3.05, 3.63) is 65.8 Å². The third kappa shape index (κ3) is 9.96. The Kier molecular flexibility index (Phi) is 13.9. The van der Waals surface area contributed by atoms with E-state index in [1.165, 1.54) is 24.5 Å². The number of para-hydroxylation sites is 1. The van der Waals surface area contributed by atoms with Gasteiger partial charge in [-0.1, -0.05) is 38.0 Å². The summed E-state index contributed by atoms with van der Waals surface area (Å²) < 4.78 is 53.2. The molecule has 1 saturated carbocycles. The number of benzene rings is 1. The number of rotatable bonds is 13. The van der Waals surface area contributed by atoms with Crippen molar-refractivity contribution in [1.82, 2.24) is 20.2 Å². The zero-order chi connectivity index (χ0) is 32.4. The molecule has 1 aromatic carbocycles. The van der Waals surface area contributed by atoms with Crippen molar-refractivity contribution < 1.29 is 26.8 Å². The molecule has 1 aliphatic carbocycles. The predicted octanol–water partition coefficient (Wildman–Crippen LogP) is 5.53. The lowest BCUT2D eigenvalue weighted by molar-refractivity contribution is -0.133. The van der Waals surface area contributed by atoms with Gasteiger partial charge in [-0.05, 0) is 74.3 Å². The maximum Gasteiger partial charge on any atom is 0.269 e. The summed E-state index contributed by atoms with van der Waals surface area (Å²) in [4.78, 5) is 35.7. The molecule has 1 saturated heterocycles. The average Bonchev–Trinajstić information content (AvgIpc) is 3.58. The number of nitrogens with two attached hydrogens (primary N) is 1. The molecule has 0 bridgehead atoms. The van der Waals surface area contributed by atoms with E-state index in [0.717, 1.165) is 31.2 Å². The molecule has 2 aromatic rings. The van der Waals surface area contributed by atoms with Gasteiger partial charge in [0, 0.05) is 19.5 Å². The molecule has 46 heavy (non-hydrogen) atoms. The number of nitrogens with zero attached hydrogens (tertiary/aromatic N) is 3. The second-order valence-corrected chi connectivity index (χ2v) is 13.5. The highest BCUT2D eigenvalue weighted by atomic mass is 35.5. The molecule has 1 aliphatic heterocycles. The van der Waals surface area contributed by atoms with E-state index in [0.29, 0.717) is 36.5 Å². The van der Waals surface area contributed by atoms with Gasteiger partial charge in [0.25, 0.3) is 6.08 Å². The Morgan fingerprint density at radius 1 is 1.13 bits per heavy atom. The Labute approximate surface area is 275 Å². The number of aryl methyl sites for hydroxylation is 1. The molecule has 2 heterocycles. The second kappa shape index (κ2) is 17.4. The van der Waals surface area contributed by atoms with Crippen LogP contribution in [0.4, 0.5) is 20.3 Å². The number of nitrogens with one attached hydrogen (secondary N) is 2. The van der Waals surface area contributed by atoms with E-state index in [1.807, 2.05) is 6.07 Å². The minimum atomic E-state index is -3.84. The van der Waals surface area contributed by atoms with Crippen LogP contribution in [0.1, 0.15) is 81.9 Å². The fourth-order valence-corrected chi connectivity index (χ4v) is 7.16. The summed E-state index contributed by atoms with van der Waals surface area (Å²) in [5.74, 6) is -0.341. The summed E-state index contributed by atoms with van der Waals surface area (Å²) in [5, 5.41) is 5.91. The third-order valence-corrected chi connectivity index (χ3v) is 10.0. The summed E-state index contributed by atoms with van der Waals surface area (Å²) in [5.41, 5.74) is 7.61. The zero-order valence-electron chi connectivity index (χ0n) is 26.0. The van der Waals surface area contributed by atoms with Gasteiger partial charge in [-0.3, -0.25) is 14.6 Å². The van der Waals surface area contributed by atoms with Gasteiger partial charge in [-0.2, -0.15) is 8.78 Å². The number of carbonyl (C=O) groups is 2. The summed E-state index contributed by atoms with van der Waals surface area (Å²) in [6.07, 6.45) is 10.2. The minimum absolute atomic E-state index is 0. The van der Waals surface area contributed by atoms with Crippen molar-refractivity contribution >= 4 is 45.6 Å². The average molecular weight is 681 g/mol. The molecular weight excluding hydrogens is 638 g/mol. The van der Waals surface area contributed by atoms with Gasteiger partial charge in [0.15, 0.2) is 9.84 Å². The van der Waals surface area contributed by atoms with Gasteiger partial charge in [0.2, 0.25) is 11.8 Å². The number of likely N-dealkylation sites (tertiary alicyclic amines) is 1. The van der Waals surface area contributed by atoms with Crippen LogP contribution in [-0.2, 0) is 25.8 Å². The molecular formula is C32H43ClF2N6O4S. The van der Waals surface area contributed by atoms with Gasteiger partial charge < -0.3 is 21.3 Å². The quantitative estimate of drug-likeness (QED) is 0.250. The van der Waals surface area contributed by atoms with Crippen LogP contribution in [-0.4, -0.2) is 60.0 Å². The van der Waals surface area contributed by atoms with Crippen molar-refractivity contribution in [2.24, 2.45) is 0 Å². The van der Waals surface area contributed by atoms with Gasteiger partial charge in [0.1, 0.15) is 11.9 Å². The van der Waals surface area contributed by atoms with Crippen molar-refractivity contribution in [3.63, 3.8) is 0 Å². The topological polar surface area (TPSA) is 147 Å². The smallest absolute Gasteiger partial charge is 0.269 e. The van der Waals surface area contributed by atoms with Crippen molar-refractivity contribution in [1.29, 1.82) is 0 Å². The summed E-state index contributed by atoms with van der Waals surface area (Å²) in [7, 11) is -3.84. The van der Waals surface area contributed by atoms with E-state index in [1.54, 1.807) is 24.1 Å². The largest absolute Gasteiger partial charge is 0.382 e. The second-order valence-electron chi connectivity index (χ2n) is 11.5. The van der Waals surface area contributed by atoms with E-state index in [4.69, 9.17) is 5.73 Å². The number of nitrogen functional groups attached to an aromatic ring is 1. The number of hydrogen-bond donors (Lipinski definition) is 3. The van der Waals surface area contributed by atoms with Crippen LogP contribution in [0.25, 0.3) is 0 Å². The maximum atomic E-state index is 13.6. The van der Waals surface area contributed by atoms with E-state index in [-0.39, 0.29) is 78.7 Å². The van der Waals surface area contributed by atoms with Crippen LogP contribution in [0.2, 0.25) is 0 Å². The molecule has 1 aromatic heterocycles. The molecule has 2 aliphatic rings. The molecule has 0 radical (unpaired) electrons. The van der Waals surface area contributed by atoms with Crippen LogP contribution in [0.3, 0.4) is 0 Å². The highest BCUT2D eigenvalue weighted by Crippen LogP contribution is 2.40. The Bertz CT molecular complexity index is 1500. The van der Waals surface area contributed by atoms with Crippen molar-refractivity contribution in [2.75, 3.05) is 29.9 Å². The number of hydrogen-bond acceptors (Lipinski definition) is 8. The molecule has 4 rings (SSSR count). The van der Waals surface area contributed by atoms with Crippen LogP contribution < -0.4 is 16.4 Å². The summed E-state index contributed by atoms with van der Waals surface area (Å²) in [6, 6.07) is 4.44. The van der Waals surface area contributed by atoms with Crippen LogP contribution >= 0.6 is 12.4 Å². The SMILES string of the molecule is CCC(=O)Nc1c(C2CCCC2)cccc1S(=O)(=O)CC=CNC(CCCc1cnc(N)cn1)C(=O)N1CCC(=C(F)F)CC1.Cl. The predicted molar refractivity (Wildman–Crippen MR) is 176 cm³/mol. The normalized spacial score (nSPS) is 16.2. The first-order chi connectivity index (χ1) is 21.6. The molecule has 0 spiro atoms. The Morgan fingerprint density at radius 2 is 1.85 bits per heavy atom. The first-order valence-corrected chi connectivity index (χ1v) is 17.2. The lowest BCUT2D eigenvalue weighted by Crippen LogP contribution is -2.47. The summed E-state index contributed by atoms with van der Waals surface area (Å²) in [6.45, 7) is 2.10. The molecule has 4 N–H and O–H groups in total. The van der Waals surface area contributed by atoms with Gasteiger partial charge >= 0.3 is 0 Å². The number of amides is 2. The standard InChI is InChI=1S/C32H42F2N6O4S.ClH/c1-2-29(41)39-30-25(22-8-3-4-9-22)11-6-13-27(30)45(43,44)19-7-16-36-26(12-5-10-24-20-38-28(35)21-37-24)32(42)40-17-14-23(15-18-40)31(33)34;/h6-7,11,13,16,20-22,26,36H,2-5,8-10,12,14-15,17-19H2,1H3,(H2,35,38)(H,39,41);1H. The van der Waals surface area contributed by atoms with Gasteiger partial charge in [0.05, 0.1) is 34.4 Å². The molecule has 1 unspecified atom stereocenters. The molecule has 2 amide bonds. The van der Waals surface area contributed by atoms with Crippen LogP contribution in [0, 0.1) is 0 Å². The monoisotopic (exact) mass is 680 g/mol. The first kappa shape index (κ1) is 36.9. The van der Waals surface area contributed by atoms with E-state index in [2.05, 4.69) is 20.6 Å². The third-order valence-electron chi connectivity index (χ3n) is 8.40. The molecule has 2 fully saturated rings. The Hall–Kier alpha value is -3.58. The number of carbonyl (C=O) groups excluding carboxylic acids is 2. The van der Waals surface area contributed by atoms with Crippen molar-refractivity contribution in [3.8, 4) is 0 Å². The first-order valence-electron chi connectivity index (χ1n) is 15.5. The molecule has 252 valence electrons. The number of piperidine rings is 1. The number of anilines is 2. The highest BCUT2D eigenvalue weighted by molar-refractivity contribution is 7.91. The molecule has 14 heteroatoms. The lowest BCUT2D eigenvalue weighted by Gasteiger charge is -2.31. The van der Waals surface area contributed by atoms with Crippen LogP contribution in [0.5, 0.6) is 0 Å². The van der Waals surface area contributed by atoms with E-state index < -0.39 is 22.0 Å². The minimum Gasteiger partial charge on any atom is -0.382 e. The fraction of sp³-hybridized carbons (Fsp3) is 0.500. The van der Waals surface area contributed by atoms with Gasteiger partial charge in [-0.25, -0.2) is 13.4 Å². The number of aromatic nitrogens is 2. The molecule has 1 atom stereocenters. The zero-order valence-corrected chi connectivity index (χ0v) is 27.6. The summed E-state index contributed by atoms with van der Waals surface area (Å²) >= 11 is 0. The van der Waals surface area contributed by atoms with Crippen molar-refractivity contribution in [2.45, 2.75) is 88.0 Å². The van der Waals surface area contributed by atoms with E-state index >= 15 is 0 Å². The Balaban J connectivity index is 0.00000576. The van der Waals surface area contributed by atoms with E-state index in [9.17, 15) is 26.8 Å². The Morgan fingerprint density at radius 3 is 2.48 bits per heavy atom. The number of sulfone groups is 1. The highest BCUT2D eigenvalue weighted by Gasteiger charge is 2.28. The number of halogens is 3. The lowest BCUT2D eigenvalue weighted by atomic mass is 9.96. The van der Waals surface area contributed by atoms with Gasteiger partial charge in [-0.15, -0.1) is 12.4 Å². The molecule has 10 nitrogen and oxygen atoms in total.